The molecule has 4 heterocycles. The number of rotatable bonds is 10. The first kappa shape index (κ1) is 27.1. The van der Waals surface area contributed by atoms with Crippen molar-refractivity contribution in [3.05, 3.63) is 72.8 Å². The quantitative estimate of drug-likeness (QED) is 0.266. The maximum atomic E-state index is 14.3. The van der Waals surface area contributed by atoms with Crippen molar-refractivity contribution in [2.75, 3.05) is 25.2 Å². The maximum Gasteiger partial charge on any atom is 0.249 e. The number of amides is 2. The minimum absolute atomic E-state index is 0.0654. The second-order valence-corrected chi connectivity index (χ2v) is 9.94. The van der Waals surface area contributed by atoms with Crippen molar-refractivity contribution in [1.82, 2.24) is 45.1 Å². The molecule has 0 spiro atoms. The third kappa shape index (κ3) is 5.31. The minimum atomic E-state index is -1.02. The first-order valence-corrected chi connectivity index (χ1v) is 13.6. The van der Waals surface area contributed by atoms with E-state index >= 15 is 0 Å². The van der Waals surface area contributed by atoms with Crippen LogP contribution < -0.4 is 15.0 Å². The minimum Gasteiger partial charge on any atom is -0.494 e. The van der Waals surface area contributed by atoms with Crippen molar-refractivity contribution >= 4 is 28.5 Å². The average Bonchev–Trinajstić information content (AvgIpc) is 3.83. The van der Waals surface area contributed by atoms with E-state index in [4.69, 9.17) is 9.47 Å². The number of carbonyl (C=O) groups excluding carboxylic acids is 2. The number of nitrogens with zero attached hydrogens (tertiary/aromatic N) is 9. The molecule has 14 heteroatoms. The topological polar surface area (TPSA) is 147 Å². The van der Waals surface area contributed by atoms with Crippen molar-refractivity contribution in [3.63, 3.8) is 0 Å². The van der Waals surface area contributed by atoms with E-state index < -0.39 is 6.04 Å². The molecule has 216 valence electrons. The van der Waals surface area contributed by atoms with Crippen LogP contribution in [0.15, 0.2) is 67.1 Å². The first-order chi connectivity index (χ1) is 20.5. The molecule has 0 radical (unpaired) electrons. The normalized spacial score (nSPS) is 15.5. The number of para-hydroxylation sites is 1. The zero-order valence-electron chi connectivity index (χ0n) is 23.2. The predicted octanol–water partition coefficient (Wildman–Crippen LogP) is 1.82. The fourth-order valence-corrected chi connectivity index (χ4v) is 5.21. The molecule has 2 aromatic carbocycles. The number of hydrogen-bond acceptors (Lipinski definition) is 9. The lowest BCUT2D eigenvalue weighted by molar-refractivity contribution is -0.127. The van der Waals surface area contributed by atoms with Gasteiger partial charge in [-0.25, -0.2) is 4.68 Å². The summed E-state index contributed by atoms with van der Waals surface area (Å²) in [6.45, 7) is 0.861. The van der Waals surface area contributed by atoms with Crippen molar-refractivity contribution in [3.8, 4) is 11.4 Å². The molecule has 2 atom stereocenters. The van der Waals surface area contributed by atoms with Gasteiger partial charge in [0.2, 0.25) is 11.8 Å². The molecule has 0 saturated carbocycles. The van der Waals surface area contributed by atoms with Gasteiger partial charge in [0.05, 0.1) is 24.4 Å². The van der Waals surface area contributed by atoms with Gasteiger partial charge in [-0.1, -0.05) is 17.3 Å². The van der Waals surface area contributed by atoms with Crippen LogP contribution in [0.2, 0.25) is 0 Å². The Morgan fingerprint density at radius 3 is 2.79 bits per heavy atom. The van der Waals surface area contributed by atoms with E-state index in [0.29, 0.717) is 47.0 Å². The Morgan fingerprint density at radius 1 is 1.17 bits per heavy atom. The summed E-state index contributed by atoms with van der Waals surface area (Å²) in [7, 11) is 3.36. The van der Waals surface area contributed by atoms with Gasteiger partial charge in [-0.15, -0.1) is 10.2 Å². The molecule has 6 rings (SSSR count). The van der Waals surface area contributed by atoms with Crippen molar-refractivity contribution in [1.29, 1.82) is 0 Å². The molecule has 1 fully saturated rings. The second kappa shape index (κ2) is 11.8. The van der Waals surface area contributed by atoms with E-state index in [2.05, 4.69) is 31.2 Å². The summed E-state index contributed by atoms with van der Waals surface area (Å²) in [6.07, 6.45) is 5.04. The summed E-state index contributed by atoms with van der Waals surface area (Å²) in [6, 6.07) is 15.2. The molecule has 0 aliphatic carbocycles. The van der Waals surface area contributed by atoms with Crippen LogP contribution in [-0.4, -0.2) is 77.9 Å². The highest BCUT2D eigenvalue weighted by Gasteiger charge is 2.35. The Morgan fingerprint density at radius 2 is 2.05 bits per heavy atom. The van der Waals surface area contributed by atoms with E-state index in [9.17, 15) is 9.59 Å². The summed E-state index contributed by atoms with van der Waals surface area (Å²) in [5.74, 6) is -0.303. The van der Waals surface area contributed by atoms with E-state index in [1.54, 1.807) is 18.2 Å². The molecule has 1 saturated heterocycles. The van der Waals surface area contributed by atoms with E-state index in [1.807, 2.05) is 54.2 Å². The highest BCUT2D eigenvalue weighted by Crippen LogP contribution is 2.34. The van der Waals surface area contributed by atoms with Crippen LogP contribution >= 0.6 is 0 Å². The molecule has 14 nitrogen and oxygen atoms in total. The summed E-state index contributed by atoms with van der Waals surface area (Å²) < 4.78 is 16.2. The number of carbonyl (C=O) groups is 2. The predicted molar refractivity (Wildman–Crippen MR) is 151 cm³/mol. The number of ether oxygens (including phenoxy) is 2. The molecule has 1 aliphatic rings. The van der Waals surface area contributed by atoms with Gasteiger partial charge < -0.3 is 19.4 Å². The number of methoxy groups -OCH3 is 1. The monoisotopic (exact) mass is 570 g/mol. The molecule has 1 N–H and O–H groups in total. The summed E-state index contributed by atoms with van der Waals surface area (Å²) in [5.41, 5.74) is 3.00. The standard InChI is InChI=1S/C28H30N10O4/c1-35-13-5-10-24(35)27(28(40)29-16-20-7-6-14-42-20)38(26(39)17-36-22-9-4-3-8-21(22)31-33-36)19-11-12-23(25(15-19)41-2)37-18-30-32-34-37/h3-5,8-13,15,18,20,27H,6-7,14,16-17H2,1-2H3,(H,29,40)/t20-,27-/m0/s1. The molecule has 3 aromatic heterocycles. The fourth-order valence-electron chi connectivity index (χ4n) is 5.21. The van der Waals surface area contributed by atoms with E-state index in [0.717, 1.165) is 12.8 Å². The lowest BCUT2D eigenvalue weighted by Gasteiger charge is -2.32. The van der Waals surface area contributed by atoms with Crippen LogP contribution in [0.4, 0.5) is 5.69 Å². The van der Waals surface area contributed by atoms with Crippen molar-refractivity contribution < 1.29 is 19.1 Å². The van der Waals surface area contributed by atoms with Crippen molar-refractivity contribution in [2.24, 2.45) is 7.05 Å². The van der Waals surface area contributed by atoms with Gasteiger partial charge in [0.15, 0.2) is 6.04 Å². The second-order valence-electron chi connectivity index (χ2n) is 9.94. The third-order valence-corrected chi connectivity index (χ3v) is 7.31. The van der Waals surface area contributed by atoms with Crippen LogP contribution in [-0.2, 0) is 27.9 Å². The molecule has 0 unspecified atom stereocenters. The van der Waals surface area contributed by atoms with Gasteiger partial charge in [0.25, 0.3) is 0 Å². The lowest BCUT2D eigenvalue weighted by atomic mass is 10.1. The van der Waals surface area contributed by atoms with Crippen molar-refractivity contribution in [2.45, 2.75) is 31.5 Å². The summed E-state index contributed by atoms with van der Waals surface area (Å²) in [4.78, 5) is 29.8. The van der Waals surface area contributed by atoms with Gasteiger partial charge in [-0.3, -0.25) is 14.5 Å². The number of nitrogens with one attached hydrogen (secondary N) is 1. The number of benzene rings is 2. The van der Waals surface area contributed by atoms with Crippen LogP contribution in [0.5, 0.6) is 5.75 Å². The smallest absolute Gasteiger partial charge is 0.249 e. The highest BCUT2D eigenvalue weighted by molar-refractivity contribution is 6.01. The van der Waals surface area contributed by atoms with Gasteiger partial charge in [0.1, 0.15) is 29.8 Å². The van der Waals surface area contributed by atoms with Crippen LogP contribution in [0.1, 0.15) is 24.6 Å². The summed E-state index contributed by atoms with van der Waals surface area (Å²) in [5, 5.41) is 22.8. The zero-order valence-corrected chi connectivity index (χ0v) is 23.2. The number of aryl methyl sites for hydroxylation is 1. The van der Waals surface area contributed by atoms with Gasteiger partial charge in [0, 0.05) is 38.1 Å². The molecular formula is C28H30N10O4. The maximum absolute atomic E-state index is 14.3. The number of fused-ring (bicyclic) bond motifs is 1. The van der Waals surface area contributed by atoms with E-state index in [-0.39, 0.29) is 24.5 Å². The Balaban J connectivity index is 1.43. The largest absolute Gasteiger partial charge is 0.494 e. The van der Waals surface area contributed by atoms with Crippen LogP contribution in [0.3, 0.4) is 0 Å². The van der Waals surface area contributed by atoms with E-state index in [1.165, 1.54) is 27.7 Å². The van der Waals surface area contributed by atoms with Gasteiger partial charge in [-0.2, -0.15) is 4.68 Å². The number of aromatic nitrogens is 8. The number of hydrogen-bond donors (Lipinski definition) is 1. The van der Waals surface area contributed by atoms with Crippen LogP contribution in [0.25, 0.3) is 16.7 Å². The number of anilines is 1. The van der Waals surface area contributed by atoms with Gasteiger partial charge >= 0.3 is 0 Å². The Labute approximate surface area is 240 Å². The SMILES string of the molecule is COc1cc(N(C(=O)Cn2nnc3ccccc32)[C@H](C(=O)NC[C@@H]2CCCO2)c2cccn2C)ccc1-n1cnnn1. The molecule has 2 amide bonds. The molecule has 5 aromatic rings. The highest BCUT2D eigenvalue weighted by atomic mass is 16.5. The Kier molecular flexibility index (Phi) is 7.60. The summed E-state index contributed by atoms with van der Waals surface area (Å²) >= 11 is 0. The van der Waals surface area contributed by atoms with Crippen LogP contribution in [0, 0.1) is 0 Å². The zero-order chi connectivity index (χ0) is 29.1. The molecular weight excluding hydrogens is 540 g/mol. The third-order valence-electron chi connectivity index (χ3n) is 7.31. The number of tetrazole rings is 1. The molecule has 42 heavy (non-hydrogen) atoms. The van der Waals surface area contributed by atoms with Gasteiger partial charge in [-0.05, 0) is 59.7 Å². The Bertz CT molecular complexity index is 1690. The molecule has 1 aliphatic heterocycles. The average molecular weight is 571 g/mol. The first-order valence-electron chi connectivity index (χ1n) is 13.6. The fraction of sp³-hybridized carbons (Fsp3) is 0.321. The molecule has 0 bridgehead atoms. The Hall–Kier alpha value is -5.11. The lowest BCUT2D eigenvalue weighted by Crippen LogP contribution is -2.47.